The zero-order chi connectivity index (χ0) is 21.8. The molecule has 0 spiro atoms. The van der Waals surface area contributed by atoms with Crippen molar-refractivity contribution in [2.45, 2.75) is 33.4 Å². The molecule has 8 heteroatoms. The average molecular weight is 435 g/mol. The molecule has 1 amide bonds. The number of carbonyl (C=O) groups excluding carboxylic acids is 2. The molecule has 0 saturated heterocycles. The topological polar surface area (TPSA) is 77.3 Å². The summed E-state index contributed by atoms with van der Waals surface area (Å²) in [5.74, 6) is 0.344. The summed E-state index contributed by atoms with van der Waals surface area (Å²) in [5, 5.41) is 2.34. The number of hydrogen-bond donors (Lipinski definition) is 0. The van der Waals surface area contributed by atoms with Crippen LogP contribution in [0.3, 0.4) is 0 Å². The van der Waals surface area contributed by atoms with Gasteiger partial charge in [0.2, 0.25) is 5.91 Å². The van der Waals surface area contributed by atoms with Crippen LogP contribution in [-0.2, 0) is 33.9 Å². The predicted octanol–water partition coefficient (Wildman–Crippen LogP) is 4.48. The molecule has 0 unspecified atom stereocenters. The number of aryl methyl sites for hydroxylation is 1. The maximum atomic E-state index is 12.5. The molecule has 2 heterocycles. The van der Waals surface area contributed by atoms with Crippen molar-refractivity contribution in [3.8, 4) is 0 Å². The number of nitrogens with zero attached hydrogens (tertiary/aromatic N) is 4. The Labute approximate surface area is 183 Å². The number of fused-ring (bicyclic) bond motifs is 1. The Bertz CT molecular complexity index is 1220. The van der Waals surface area contributed by atoms with Crippen molar-refractivity contribution in [1.29, 1.82) is 0 Å². The summed E-state index contributed by atoms with van der Waals surface area (Å²) in [4.78, 5) is 35.3. The predicted molar refractivity (Wildman–Crippen MR) is 120 cm³/mol. The summed E-state index contributed by atoms with van der Waals surface area (Å²) >= 11 is 1.33. The van der Waals surface area contributed by atoms with Crippen molar-refractivity contribution in [3.05, 3.63) is 71.5 Å². The molecule has 0 aliphatic heterocycles. The molecular weight excluding hydrogens is 412 g/mol. The second-order valence-electron chi connectivity index (χ2n) is 6.93. The van der Waals surface area contributed by atoms with E-state index in [2.05, 4.69) is 9.97 Å². The molecule has 7 nitrogen and oxygen atoms in total. The van der Waals surface area contributed by atoms with Gasteiger partial charge < -0.3 is 9.30 Å². The summed E-state index contributed by atoms with van der Waals surface area (Å²) in [6.45, 7) is 3.64. The molecule has 0 radical (unpaired) electrons. The first-order valence-corrected chi connectivity index (χ1v) is 10.8. The summed E-state index contributed by atoms with van der Waals surface area (Å²) < 4.78 is 7.35. The van der Waals surface area contributed by atoms with Crippen molar-refractivity contribution in [3.63, 3.8) is 0 Å². The Morgan fingerprint density at radius 3 is 2.55 bits per heavy atom. The normalized spacial score (nSPS) is 10.9. The van der Waals surface area contributed by atoms with Crippen LogP contribution in [0.2, 0.25) is 0 Å². The lowest BCUT2D eigenvalue weighted by Crippen LogP contribution is -2.22. The number of imidazole rings is 1. The van der Waals surface area contributed by atoms with Crippen LogP contribution in [0.1, 0.15) is 25.4 Å². The van der Waals surface area contributed by atoms with Crippen LogP contribution < -0.4 is 4.90 Å². The quantitative estimate of drug-likeness (QED) is 0.401. The van der Waals surface area contributed by atoms with Gasteiger partial charge in [0.1, 0.15) is 19.0 Å². The van der Waals surface area contributed by atoms with E-state index in [0.717, 1.165) is 29.0 Å². The first-order chi connectivity index (χ1) is 15.1. The maximum Gasteiger partial charge on any atom is 0.326 e. The Kier molecular flexibility index (Phi) is 6.08. The molecule has 0 atom stereocenters. The summed E-state index contributed by atoms with van der Waals surface area (Å²) in [6.07, 6.45) is 0.720. The van der Waals surface area contributed by atoms with Gasteiger partial charge in [0.05, 0.1) is 22.4 Å². The van der Waals surface area contributed by atoms with Gasteiger partial charge in [-0.2, -0.15) is 0 Å². The Hall–Kier alpha value is -3.52. The minimum Gasteiger partial charge on any atom is -0.458 e. The number of esters is 1. The fourth-order valence-electron chi connectivity index (χ4n) is 3.37. The van der Waals surface area contributed by atoms with Crippen LogP contribution in [0.4, 0.5) is 10.8 Å². The van der Waals surface area contributed by atoms with Crippen LogP contribution in [-0.4, -0.2) is 26.4 Å². The average Bonchev–Trinajstić information content (AvgIpc) is 3.38. The monoisotopic (exact) mass is 434 g/mol. The number of ether oxygens (including phenoxy) is 1. The first-order valence-electron chi connectivity index (χ1n) is 9.96. The third kappa shape index (κ3) is 4.49. The van der Waals surface area contributed by atoms with Gasteiger partial charge in [-0.25, -0.2) is 9.97 Å². The number of aromatic nitrogens is 3. The fraction of sp³-hybridized carbons (Fsp3) is 0.217. The minimum atomic E-state index is -0.362. The van der Waals surface area contributed by atoms with Crippen LogP contribution >= 0.6 is 11.3 Å². The zero-order valence-corrected chi connectivity index (χ0v) is 18.1. The molecule has 0 aliphatic rings. The SMILES string of the molecule is CCc1nc2ccccc2n1CC(=O)OCc1csc(N(C(C)=O)c2ccccc2)n1. The van der Waals surface area contributed by atoms with Crippen molar-refractivity contribution < 1.29 is 14.3 Å². The number of carbonyl (C=O) groups is 2. The van der Waals surface area contributed by atoms with Crippen LogP contribution in [0.15, 0.2) is 60.0 Å². The van der Waals surface area contributed by atoms with Gasteiger partial charge in [0, 0.05) is 18.7 Å². The molecular formula is C23H22N4O3S. The number of benzene rings is 2. The lowest BCUT2D eigenvalue weighted by Gasteiger charge is -2.17. The van der Waals surface area contributed by atoms with Gasteiger partial charge in [-0.3, -0.25) is 14.5 Å². The van der Waals surface area contributed by atoms with Gasteiger partial charge in [-0.05, 0) is 24.3 Å². The Morgan fingerprint density at radius 1 is 1.06 bits per heavy atom. The lowest BCUT2D eigenvalue weighted by molar-refractivity contribution is -0.145. The van der Waals surface area contributed by atoms with Crippen molar-refractivity contribution in [2.24, 2.45) is 0 Å². The van der Waals surface area contributed by atoms with Crippen molar-refractivity contribution >= 4 is 45.1 Å². The highest BCUT2D eigenvalue weighted by Gasteiger charge is 2.18. The van der Waals surface area contributed by atoms with E-state index in [-0.39, 0.29) is 25.0 Å². The molecule has 0 saturated carbocycles. The largest absolute Gasteiger partial charge is 0.458 e. The molecule has 0 fully saturated rings. The smallest absolute Gasteiger partial charge is 0.326 e. The third-order valence-electron chi connectivity index (χ3n) is 4.78. The van der Waals surface area contributed by atoms with Gasteiger partial charge in [-0.1, -0.05) is 37.3 Å². The van der Waals surface area contributed by atoms with Gasteiger partial charge >= 0.3 is 5.97 Å². The Balaban J connectivity index is 1.44. The maximum absolute atomic E-state index is 12.5. The third-order valence-corrected chi connectivity index (χ3v) is 5.65. The van der Waals surface area contributed by atoms with E-state index in [0.29, 0.717) is 10.8 Å². The second-order valence-corrected chi connectivity index (χ2v) is 7.77. The van der Waals surface area contributed by atoms with E-state index in [1.807, 2.05) is 66.1 Å². The van der Waals surface area contributed by atoms with E-state index in [4.69, 9.17) is 4.74 Å². The number of thiazole rings is 1. The van der Waals surface area contributed by atoms with Crippen molar-refractivity contribution in [2.75, 3.05) is 4.90 Å². The molecule has 0 aliphatic carbocycles. The summed E-state index contributed by atoms with van der Waals surface area (Å²) in [6, 6.07) is 17.1. The number of hydrogen-bond acceptors (Lipinski definition) is 6. The fourth-order valence-corrected chi connectivity index (χ4v) is 4.24. The number of para-hydroxylation sites is 3. The molecule has 0 bridgehead atoms. The lowest BCUT2D eigenvalue weighted by atomic mass is 10.3. The van der Waals surface area contributed by atoms with Gasteiger partial charge in [-0.15, -0.1) is 11.3 Å². The number of rotatable bonds is 7. The molecule has 0 N–H and O–H groups in total. The molecule has 158 valence electrons. The minimum absolute atomic E-state index is 0.0456. The Morgan fingerprint density at radius 2 is 1.81 bits per heavy atom. The first kappa shape index (κ1) is 20.7. The van der Waals surface area contributed by atoms with Crippen LogP contribution in [0.5, 0.6) is 0 Å². The van der Waals surface area contributed by atoms with Crippen molar-refractivity contribution in [1.82, 2.24) is 14.5 Å². The van der Waals surface area contributed by atoms with Crippen LogP contribution in [0.25, 0.3) is 11.0 Å². The number of amides is 1. The van der Waals surface area contributed by atoms with E-state index in [1.165, 1.54) is 18.3 Å². The highest BCUT2D eigenvalue weighted by atomic mass is 32.1. The highest BCUT2D eigenvalue weighted by molar-refractivity contribution is 7.14. The molecule has 4 rings (SSSR count). The summed E-state index contributed by atoms with van der Waals surface area (Å²) in [5.41, 5.74) is 3.11. The van der Waals surface area contributed by atoms with Crippen LogP contribution in [0, 0.1) is 0 Å². The standard InChI is InChI=1S/C23H22N4O3S/c1-3-21-25-19-11-7-8-12-20(19)26(21)13-22(29)30-14-17-15-31-23(24-17)27(16(2)28)18-9-5-4-6-10-18/h4-12,15H,3,13-14H2,1-2H3. The molecule has 2 aromatic heterocycles. The molecule has 2 aromatic carbocycles. The second kappa shape index (κ2) is 9.09. The molecule has 4 aromatic rings. The zero-order valence-electron chi connectivity index (χ0n) is 17.3. The molecule has 31 heavy (non-hydrogen) atoms. The van der Waals surface area contributed by atoms with E-state index in [1.54, 1.807) is 10.3 Å². The van der Waals surface area contributed by atoms with E-state index < -0.39 is 0 Å². The summed E-state index contributed by atoms with van der Waals surface area (Å²) in [7, 11) is 0. The van der Waals surface area contributed by atoms with Gasteiger partial charge in [0.15, 0.2) is 5.13 Å². The highest BCUT2D eigenvalue weighted by Crippen LogP contribution is 2.29. The van der Waals surface area contributed by atoms with E-state index in [9.17, 15) is 9.59 Å². The number of anilines is 2. The van der Waals surface area contributed by atoms with E-state index >= 15 is 0 Å². The van der Waals surface area contributed by atoms with Gasteiger partial charge in [0.25, 0.3) is 0 Å².